The lowest BCUT2D eigenvalue weighted by Gasteiger charge is -2.06. The van der Waals surface area contributed by atoms with Crippen molar-refractivity contribution < 1.29 is 14.3 Å². The van der Waals surface area contributed by atoms with Crippen LogP contribution >= 0.6 is 0 Å². The van der Waals surface area contributed by atoms with Crippen LogP contribution in [0, 0.1) is 0 Å². The number of unbranched alkanes of at least 4 members (excludes halogenated alkanes) is 2. The maximum absolute atomic E-state index is 10.6. The van der Waals surface area contributed by atoms with Gasteiger partial charge in [-0.15, -0.1) is 0 Å². The third-order valence-corrected chi connectivity index (χ3v) is 4.61. The van der Waals surface area contributed by atoms with Gasteiger partial charge in [-0.25, -0.2) is 0 Å². The van der Waals surface area contributed by atoms with Crippen LogP contribution in [0.25, 0.3) is 22.3 Å². The molecule has 4 heteroatoms. The summed E-state index contributed by atoms with van der Waals surface area (Å²) in [5, 5.41) is 10.7. The lowest BCUT2D eigenvalue weighted by molar-refractivity contribution is -0.137. The number of carboxylic acid groups (broad SMARTS) is 1. The fourth-order valence-corrected chi connectivity index (χ4v) is 3.08. The highest BCUT2D eigenvalue weighted by Gasteiger charge is 2.06. The number of fused-ring (bicyclic) bond motifs is 1. The molecule has 0 radical (unpaired) electrons. The number of carbonyl (C=O) groups is 1. The average Bonchev–Trinajstić information content (AvgIpc) is 2.70. The molecule has 27 heavy (non-hydrogen) atoms. The molecule has 4 nitrogen and oxygen atoms in total. The third-order valence-electron chi connectivity index (χ3n) is 4.61. The molecule has 1 N–H and O–H groups in total. The van der Waals surface area contributed by atoms with Gasteiger partial charge in [-0.05, 0) is 37.0 Å². The Bertz CT molecular complexity index is 974. The number of rotatable bonds is 8. The van der Waals surface area contributed by atoms with Crippen LogP contribution in [0.3, 0.4) is 0 Å². The van der Waals surface area contributed by atoms with Crippen molar-refractivity contribution in [3.63, 3.8) is 0 Å². The zero-order valence-corrected chi connectivity index (χ0v) is 15.6. The van der Waals surface area contributed by atoms with Gasteiger partial charge in [0.2, 0.25) is 0 Å². The summed E-state index contributed by atoms with van der Waals surface area (Å²) >= 11 is 0. The molecular weight excluding hydrogens is 338 g/mol. The Morgan fingerprint density at radius 3 is 2.59 bits per heavy atom. The number of hydrogen-bond donors (Lipinski definition) is 1. The Labute approximate surface area is 159 Å². The molecule has 1 aromatic heterocycles. The Kier molecular flexibility index (Phi) is 6.42. The number of carboxylic acids is 1. The Morgan fingerprint density at radius 1 is 1.04 bits per heavy atom. The van der Waals surface area contributed by atoms with Crippen molar-refractivity contribution in [3.05, 3.63) is 65.5 Å². The Balaban J connectivity index is 1.92. The van der Waals surface area contributed by atoms with Crippen molar-refractivity contribution >= 4 is 16.9 Å². The second-order valence-corrected chi connectivity index (χ2v) is 6.63. The molecule has 140 valence electrons. The fourth-order valence-electron chi connectivity index (χ4n) is 3.08. The van der Waals surface area contributed by atoms with E-state index in [0.29, 0.717) is 13.0 Å². The summed E-state index contributed by atoms with van der Waals surface area (Å²) in [5.41, 5.74) is 3.11. The van der Waals surface area contributed by atoms with Crippen LogP contribution in [0.4, 0.5) is 0 Å². The van der Waals surface area contributed by atoms with Gasteiger partial charge in [0.1, 0.15) is 11.3 Å². The van der Waals surface area contributed by atoms with Gasteiger partial charge >= 0.3 is 5.97 Å². The van der Waals surface area contributed by atoms with E-state index in [0.717, 1.165) is 46.9 Å². The zero-order chi connectivity index (χ0) is 19.1. The first-order chi connectivity index (χ1) is 13.2. The van der Waals surface area contributed by atoms with E-state index in [-0.39, 0.29) is 6.42 Å². The van der Waals surface area contributed by atoms with Crippen LogP contribution in [0.5, 0.6) is 0 Å². The first-order valence-electron chi connectivity index (χ1n) is 9.52. The van der Waals surface area contributed by atoms with Crippen LogP contribution in [-0.4, -0.2) is 17.6 Å². The minimum Gasteiger partial charge on any atom is -0.481 e. The van der Waals surface area contributed by atoms with Crippen LogP contribution in [-0.2, 0) is 11.2 Å². The molecule has 0 fully saturated rings. The van der Waals surface area contributed by atoms with Gasteiger partial charge in [0, 0.05) is 30.0 Å². The molecule has 0 saturated heterocycles. The molecule has 0 saturated carbocycles. The SMILES string of the molecule is CCc1ccc2oc(-c3ccccc3)cc(=NCCCCCC(=O)O)c2c1. The molecule has 0 bridgehead atoms. The van der Waals surface area contributed by atoms with E-state index in [1.165, 1.54) is 5.56 Å². The fraction of sp³-hybridized carbons (Fsp3) is 0.304. The van der Waals surface area contributed by atoms with Crippen molar-refractivity contribution in [1.29, 1.82) is 0 Å². The maximum atomic E-state index is 10.6. The predicted molar refractivity (Wildman–Crippen MR) is 108 cm³/mol. The van der Waals surface area contributed by atoms with E-state index in [1.807, 2.05) is 42.5 Å². The molecule has 0 amide bonds. The molecule has 0 aliphatic heterocycles. The minimum absolute atomic E-state index is 0.227. The van der Waals surface area contributed by atoms with Crippen LogP contribution in [0.15, 0.2) is 64.0 Å². The Morgan fingerprint density at radius 2 is 1.85 bits per heavy atom. The highest BCUT2D eigenvalue weighted by molar-refractivity contribution is 5.79. The van der Waals surface area contributed by atoms with Crippen LogP contribution < -0.4 is 5.36 Å². The average molecular weight is 363 g/mol. The van der Waals surface area contributed by atoms with E-state index >= 15 is 0 Å². The second-order valence-electron chi connectivity index (χ2n) is 6.63. The predicted octanol–water partition coefficient (Wildman–Crippen LogP) is 5.21. The lowest BCUT2D eigenvalue weighted by Crippen LogP contribution is -2.06. The quantitative estimate of drug-likeness (QED) is 0.559. The summed E-state index contributed by atoms with van der Waals surface area (Å²) in [6.45, 7) is 2.82. The van der Waals surface area contributed by atoms with E-state index in [2.05, 4.69) is 19.1 Å². The standard InChI is InChI=1S/C23H25NO3/c1-2-17-12-13-21-19(15-17)20(24-14-8-4-7-11-23(25)26)16-22(27-21)18-9-5-3-6-10-18/h3,5-6,9-10,12-13,15-16H,2,4,7-8,11,14H2,1H3,(H,25,26). The first-order valence-corrected chi connectivity index (χ1v) is 9.52. The molecule has 1 heterocycles. The molecule has 0 atom stereocenters. The number of aliphatic carboxylic acids is 1. The summed E-state index contributed by atoms with van der Waals surface area (Å²) in [4.78, 5) is 15.4. The molecule has 0 spiro atoms. The summed E-state index contributed by atoms with van der Waals surface area (Å²) in [7, 11) is 0. The van der Waals surface area contributed by atoms with Gasteiger partial charge in [0.25, 0.3) is 0 Å². The van der Waals surface area contributed by atoms with Crippen molar-refractivity contribution in [2.75, 3.05) is 6.54 Å². The summed E-state index contributed by atoms with van der Waals surface area (Å²) in [6.07, 6.45) is 3.65. The van der Waals surface area contributed by atoms with Gasteiger partial charge in [-0.1, -0.05) is 49.7 Å². The number of hydrogen-bond acceptors (Lipinski definition) is 3. The largest absolute Gasteiger partial charge is 0.481 e. The minimum atomic E-state index is -0.734. The van der Waals surface area contributed by atoms with Crippen LogP contribution in [0.1, 0.15) is 38.2 Å². The summed E-state index contributed by atoms with van der Waals surface area (Å²) < 4.78 is 6.13. The molecule has 3 aromatic rings. The second kappa shape index (κ2) is 9.17. The normalized spacial score (nSPS) is 11.8. The van der Waals surface area contributed by atoms with Gasteiger partial charge < -0.3 is 9.52 Å². The highest BCUT2D eigenvalue weighted by Crippen LogP contribution is 2.22. The van der Waals surface area contributed by atoms with E-state index in [4.69, 9.17) is 14.5 Å². The zero-order valence-electron chi connectivity index (χ0n) is 15.6. The van der Waals surface area contributed by atoms with Crippen molar-refractivity contribution in [3.8, 4) is 11.3 Å². The van der Waals surface area contributed by atoms with Gasteiger partial charge in [-0.2, -0.15) is 0 Å². The molecule has 0 aliphatic carbocycles. The molecule has 3 rings (SSSR count). The molecule has 0 unspecified atom stereocenters. The topological polar surface area (TPSA) is 62.8 Å². The van der Waals surface area contributed by atoms with E-state index in [9.17, 15) is 4.79 Å². The lowest BCUT2D eigenvalue weighted by atomic mass is 10.1. The molecule has 0 aliphatic rings. The summed E-state index contributed by atoms with van der Waals surface area (Å²) in [6, 6.07) is 18.3. The van der Waals surface area contributed by atoms with Crippen molar-refractivity contribution in [2.45, 2.75) is 39.0 Å². The van der Waals surface area contributed by atoms with Crippen molar-refractivity contribution in [2.24, 2.45) is 4.99 Å². The summed E-state index contributed by atoms with van der Waals surface area (Å²) in [5.74, 6) is 0.0687. The number of nitrogens with zero attached hydrogens (tertiary/aromatic N) is 1. The van der Waals surface area contributed by atoms with E-state index in [1.54, 1.807) is 0 Å². The van der Waals surface area contributed by atoms with E-state index < -0.39 is 5.97 Å². The third kappa shape index (κ3) is 5.07. The monoisotopic (exact) mass is 363 g/mol. The van der Waals surface area contributed by atoms with Crippen LogP contribution in [0.2, 0.25) is 0 Å². The van der Waals surface area contributed by atoms with Gasteiger partial charge in [0.05, 0.1) is 5.36 Å². The first kappa shape index (κ1) is 18.9. The van der Waals surface area contributed by atoms with Gasteiger partial charge in [0.15, 0.2) is 0 Å². The smallest absolute Gasteiger partial charge is 0.303 e. The number of benzene rings is 2. The highest BCUT2D eigenvalue weighted by atomic mass is 16.4. The Hall–Kier alpha value is -2.88. The van der Waals surface area contributed by atoms with Crippen molar-refractivity contribution in [1.82, 2.24) is 0 Å². The maximum Gasteiger partial charge on any atom is 0.303 e. The van der Waals surface area contributed by atoms with Gasteiger partial charge in [-0.3, -0.25) is 9.79 Å². The molecule has 2 aromatic carbocycles. The number of aryl methyl sites for hydroxylation is 1. The molecular formula is C23H25NO3.